The van der Waals surface area contributed by atoms with E-state index in [1.807, 2.05) is 24.3 Å². The van der Waals surface area contributed by atoms with Crippen LogP contribution in [0, 0.1) is 11.8 Å². The van der Waals surface area contributed by atoms with Crippen molar-refractivity contribution in [2.45, 2.75) is 19.8 Å². The highest BCUT2D eigenvalue weighted by Gasteiger charge is 2.17. The van der Waals surface area contributed by atoms with E-state index in [4.69, 9.17) is 16.3 Å². The number of nitrogens with one attached hydrogen (secondary N) is 1. The number of hydrogen-bond acceptors (Lipinski definition) is 2. The molecule has 3 heteroatoms. The van der Waals surface area contributed by atoms with Crippen molar-refractivity contribution < 1.29 is 4.74 Å². The van der Waals surface area contributed by atoms with Crippen LogP contribution in [0.5, 0.6) is 5.75 Å². The van der Waals surface area contributed by atoms with Crippen LogP contribution in [0.2, 0.25) is 5.02 Å². The SMILES string of the molecule is C[C@H](COc1ccc(Cl)cc1)C[C@@H]1CCNC1. The van der Waals surface area contributed by atoms with Gasteiger partial charge in [-0.05, 0) is 62.0 Å². The van der Waals surface area contributed by atoms with Crippen LogP contribution in [0.15, 0.2) is 24.3 Å². The molecule has 94 valence electrons. The molecule has 1 aromatic rings. The highest BCUT2D eigenvalue weighted by atomic mass is 35.5. The summed E-state index contributed by atoms with van der Waals surface area (Å²) in [6.45, 7) is 5.40. The Morgan fingerprint density at radius 3 is 2.82 bits per heavy atom. The molecule has 17 heavy (non-hydrogen) atoms. The number of halogens is 1. The van der Waals surface area contributed by atoms with E-state index in [1.165, 1.54) is 25.9 Å². The molecule has 1 aliphatic heterocycles. The highest BCUT2D eigenvalue weighted by Crippen LogP contribution is 2.20. The monoisotopic (exact) mass is 253 g/mol. The van der Waals surface area contributed by atoms with Crippen LogP contribution in [0.4, 0.5) is 0 Å². The van der Waals surface area contributed by atoms with Crippen molar-refractivity contribution in [3.05, 3.63) is 29.3 Å². The summed E-state index contributed by atoms with van der Waals surface area (Å²) in [5.41, 5.74) is 0. The minimum Gasteiger partial charge on any atom is -0.493 e. The second kappa shape index (κ2) is 6.27. The van der Waals surface area contributed by atoms with Crippen LogP contribution in [0.25, 0.3) is 0 Å². The van der Waals surface area contributed by atoms with Gasteiger partial charge in [0.1, 0.15) is 5.75 Å². The van der Waals surface area contributed by atoms with Crippen LogP contribution in [0.3, 0.4) is 0 Å². The summed E-state index contributed by atoms with van der Waals surface area (Å²) in [6.07, 6.45) is 2.56. The molecule has 2 nitrogen and oxygen atoms in total. The van der Waals surface area contributed by atoms with E-state index >= 15 is 0 Å². The van der Waals surface area contributed by atoms with Crippen molar-refractivity contribution in [1.82, 2.24) is 5.32 Å². The Balaban J connectivity index is 1.71. The molecule has 1 heterocycles. The molecule has 0 aliphatic carbocycles. The van der Waals surface area contributed by atoms with E-state index in [1.54, 1.807) is 0 Å². The van der Waals surface area contributed by atoms with Gasteiger partial charge in [-0.1, -0.05) is 18.5 Å². The highest BCUT2D eigenvalue weighted by molar-refractivity contribution is 6.30. The van der Waals surface area contributed by atoms with Gasteiger partial charge in [-0.25, -0.2) is 0 Å². The molecule has 0 radical (unpaired) electrons. The summed E-state index contributed by atoms with van der Waals surface area (Å²) in [7, 11) is 0. The van der Waals surface area contributed by atoms with Crippen LogP contribution in [-0.4, -0.2) is 19.7 Å². The lowest BCUT2D eigenvalue weighted by atomic mass is 9.96. The third-order valence-electron chi connectivity index (χ3n) is 3.25. The number of benzene rings is 1. The van der Waals surface area contributed by atoms with Crippen LogP contribution < -0.4 is 10.1 Å². The summed E-state index contributed by atoms with van der Waals surface area (Å²) in [6, 6.07) is 7.57. The average molecular weight is 254 g/mol. The van der Waals surface area contributed by atoms with Gasteiger partial charge in [-0.15, -0.1) is 0 Å². The van der Waals surface area contributed by atoms with Crippen molar-refractivity contribution in [3.63, 3.8) is 0 Å². The molecule has 0 aromatic heterocycles. The summed E-state index contributed by atoms with van der Waals surface area (Å²) in [5.74, 6) is 2.35. The van der Waals surface area contributed by atoms with E-state index in [0.29, 0.717) is 5.92 Å². The van der Waals surface area contributed by atoms with Crippen molar-refractivity contribution in [1.29, 1.82) is 0 Å². The maximum absolute atomic E-state index is 5.83. The van der Waals surface area contributed by atoms with E-state index in [0.717, 1.165) is 23.3 Å². The molecule has 1 N–H and O–H groups in total. The van der Waals surface area contributed by atoms with Gasteiger partial charge in [0.05, 0.1) is 6.61 Å². The first-order chi connectivity index (χ1) is 8.24. The fraction of sp³-hybridized carbons (Fsp3) is 0.571. The number of rotatable bonds is 5. The number of hydrogen-bond donors (Lipinski definition) is 1. The fourth-order valence-electron chi connectivity index (χ4n) is 2.32. The quantitative estimate of drug-likeness (QED) is 0.869. The van der Waals surface area contributed by atoms with Crippen molar-refractivity contribution >= 4 is 11.6 Å². The third kappa shape index (κ3) is 4.21. The van der Waals surface area contributed by atoms with Crippen LogP contribution in [0.1, 0.15) is 19.8 Å². The van der Waals surface area contributed by atoms with Crippen molar-refractivity contribution in [3.8, 4) is 5.75 Å². The smallest absolute Gasteiger partial charge is 0.119 e. The molecular formula is C14H20ClNO. The lowest BCUT2D eigenvalue weighted by molar-refractivity contribution is 0.235. The van der Waals surface area contributed by atoms with E-state index in [9.17, 15) is 0 Å². The maximum atomic E-state index is 5.83. The first-order valence-electron chi connectivity index (χ1n) is 6.33. The summed E-state index contributed by atoms with van der Waals surface area (Å²) < 4.78 is 5.75. The fourth-order valence-corrected chi connectivity index (χ4v) is 2.45. The normalized spacial score (nSPS) is 21.4. The molecule has 2 atom stereocenters. The minimum atomic E-state index is 0.607. The van der Waals surface area contributed by atoms with Gasteiger partial charge in [0.2, 0.25) is 0 Å². The Bertz CT molecular complexity index is 333. The van der Waals surface area contributed by atoms with E-state index < -0.39 is 0 Å². The lowest BCUT2D eigenvalue weighted by Crippen LogP contribution is -2.15. The van der Waals surface area contributed by atoms with Gasteiger partial charge in [0, 0.05) is 5.02 Å². The van der Waals surface area contributed by atoms with Gasteiger partial charge in [-0.2, -0.15) is 0 Å². The molecule has 0 amide bonds. The molecule has 1 saturated heterocycles. The Labute approximate surface area is 108 Å². The molecule has 0 saturated carbocycles. The molecule has 0 spiro atoms. The topological polar surface area (TPSA) is 21.3 Å². The van der Waals surface area contributed by atoms with E-state index in [-0.39, 0.29) is 0 Å². The lowest BCUT2D eigenvalue weighted by Gasteiger charge is -2.16. The third-order valence-corrected chi connectivity index (χ3v) is 3.50. The Kier molecular flexibility index (Phi) is 4.69. The van der Waals surface area contributed by atoms with Crippen LogP contribution in [-0.2, 0) is 0 Å². The molecule has 1 aromatic carbocycles. The second-order valence-corrected chi connectivity index (χ2v) is 5.40. The first kappa shape index (κ1) is 12.7. The zero-order valence-electron chi connectivity index (χ0n) is 10.3. The van der Waals surface area contributed by atoms with Crippen LogP contribution >= 0.6 is 11.6 Å². The van der Waals surface area contributed by atoms with Gasteiger partial charge >= 0.3 is 0 Å². The molecule has 2 rings (SSSR count). The molecule has 0 bridgehead atoms. The van der Waals surface area contributed by atoms with Gasteiger partial charge < -0.3 is 10.1 Å². The van der Waals surface area contributed by atoms with Gasteiger partial charge in [-0.3, -0.25) is 0 Å². The first-order valence-corrected chi connectivity index (χ1v) is 6.71. The Hall–Kier alpha value is -0.730. The molecule has 0 unspecified atom stereocenters. The number of ether oxygens (including phenoxy) is 1. The molecular weight excluding hydrogens is 234 g/mol. The van der Waals surface area contributed by atoms with Gasteiger partial charge in [0.25, 0.3) is 0 Å². The predicted octanol–water partition coefficient (Wildman–Crippen LogP) is 3.35. The largest absolute Gasteiger partial charge is 0.493 e. The minimum absolute atomic E-state index is 0.607. The van der Waals surface area contributed by atoms with Crippen molar-refractivity contribution in [2.24, 2.45) is 11.8 Å². The Morgan fingerprint density at radius 2 is 2.18 bits per heavy atom. The molecule has 1 aliphatic rings. The van der Waals surface area contributed by atoms with Gasteiger partial charge in [0.15, 0.2) is 0 Å². The average Bonchev–Trinajstić information content (AvgIpc) is 2.81. The zero-order chi connectivity index (χ0) is 12.1. The maximum Gasteiger partial charge on any atom is 0.119 e. The van der Waals surface area contributed by atoms with E-state index in [2.05, 4.69) is 12.2 Å². The van der Waals surface area contributed by atoms with Crippen molar-refractivity contribution in [2.75, 3.05) is 19.7 Å². The second-order valence-electron chi connectivity index (χ2n) is 4.96. The summed E-state index contributed by atoms with van der Waals surface area (Å²) >= 11 is 5.83. The zero-order valence-corrected chi connectivity index (χ0v) is 11.0. The standard InChI is InChI=1S/C14H20ClNO/c1-11(8-12-6-7-16-9-12)10-17-14-4-2-13(15)3-5-14/h2-5,11-12,16H,6-10H2,1H3/t11-,12-/m0/s1. The predicted molar refractivity (Wildman–Crippen MR) is 71.7 cm³/mol. The molecule has 1 fully saturated rings. The Morgan fingerprint density at radius 1 is 1.41 bits per heavy atom. The summed E-state index contributed by atoms with van der Waals surface area (Å²) in [4.78, 5) is 0. The summed E-state index contributed by atoms with van der Waals surface area (Å²) in [5, 5.41) is 4.15.